The van der Waals surface area contributed by atoms with E-state index in [0.717, 1.165) is 22.4 Å². The van der Waals surface area contributed by atoms with Crippen LogP contribution in [-0.4, -0.2) is 74.6 Å². The van der Waals surface area contributed by atoms with E-state index < -0.39 is 48.2 Å². The Labute approximate surface area is 253 Å². The molecule has 0 amide bonds. The van der Waals surface area contributed by atoms with Crippen molar-refractivity contribution >= 4 is 0 Å². The summed E-state index contributed by atoms with van der Waals surface area (Å²) in [5, 5.41) is 11.9. The second kappa shape index (κ2) is 13.8. The van der Waals surface area contributed by atoms with Crippen LogP contribution in [0.4, 0.5) is 0 Å². The minimum atomic E-state index is -1.31. The van der Waals surface area contributed by atoms with Gasteiger partial charge in [0.25, 0.3) is 0 Å². The molecular formula is C34H42O9. The fourth-order valence-corrected chi connectivity index (χ4v) is 5.63. The van der Waals surface area contributed by atoms with Gasteiger partial charge < -0.3 is 43.0 Å². The monoisotopic (exact) mass is 594 g/mol. The van der Waals surface area contributed by atoms with E-state index in [-0.39, 0.29) is 19.8 Å². The van der Waals surface area contributed by atoms with Crippen LogP contribution < -0.4 is 4.74 Å². The van der Waals surface area contributed by atoms with Gasteiger partial charge >= 0.3 is 0 Å². The summed E-state index contributed by atoms with van der Waals surface area (Å²) in [7, 11) is 4.70. The van der Waals surface area contributed by atoms with Crippen LogP contribution >= 0.6 is 0 Å². The van der Waals surface area contributed by atoms with Crippen molar-refractivity contribution in [1.29, 1.82) is 0 Å². The molecule has 9 nitrogen and oxygen atoms in total. The third-order valence-corrected chi connectivity index (χ3v) is 8.47. The van der Waals surface area contributed by atoms with Gasteiger partial charge in [0.1, 0.15) is 42.4 Å². The SMILES string of the molecule is COc1ccc(CO[C@H]2[C@@H](O)[C@@H](OCc3ccccc3)[C@@H]3O[C@@](C)(OC)[C@](C)(OC)O[C@H]3[C@@H]2OCc2ccccc2)cc1. The lowest BCUT2D eigenvalue weighted by Crippen LogP contribution is -2.75. The number of hydrogen-bond donors (Lipinski definition) is 1. The van der Waals surface area contributed by atoms with Crippen molar-refractivity contribution in [3.8, 4) is 5.75 Å². The lowest BCUT2D eigenvalue weighted by atomic mass is 9.82. The van der Waals surface area contributed by atoms with Gasteiger partial charge in [0, 0.05) is 14.2 Å². The second-order valence-corrected chi connectivity index (χ2v) is 11.1. The molecule has 8 atom stereocenters. The molecule has 9 heteroatoms. The zero-order chi connectivity index (χ0) is 30.5. The highest BCUT2D eigenvalue weighted by Gasteiger charge is 2.64. The first-order valence-electron chi connectivity index (χ1n) is 14.5. The lowest BCUT2D eigenvalue weighted by Gasteiger charge is -2.58. The van der Waals surface area contributed by atoms with E-state index in [2.05, 4.69) is 0 Å². The Bertz CT molecular complexity index is 1270. The van der Waals surface area contributed by atoms with Gasteiger partial charge in [-0.2, -0.15) is 0 Å². The largest absolute Gasteiger partial charge is 0.497 e. The number of hydrogen-bond acceptors (Lipinski definition) is 9. The van der Waals surface area contributed by atoms with Crippen molar-refractivity contribution in [2.24, 2.45) is 0 Å². The van der Waals surface area contributed by atoms with Crippen molar-refractivity contribution in [2.45, 2.75) is 81.9 Å². The Hall–Kier alpha value is -2.86. The molecule has 0 spiro atoms. The van der Waals surface area contributed by atoms with Crippen LogP contribution in [-0.2, 0) is 53.0 Å². The van der Waals surface area contributed by atoms with E-state index in [4.69, 9.17) is 37.9 Å². The number of ether oxygens (including phenoxy) is 8. The summed E-state index contributed by atoms with van der Waals surface area (Å²) in [6.45, 7) is 4.26. The third kappa shape index (κ3) is 6.79. The molecule has 43 heavy (non-hydrogen) atoms. The van der Waals surface area contributed by atoms with Gasteiger partial charge in [0.05, 0.1) is 26.9 Å². The Morgan fingerprint density at radius 3 is 1.47 bits per heavy atom. The average Bonchev–Trinajstić information content (AvgIpc) is 3.05. The number of aliphatic hydroxyl groups is 1. The summed E-state index contributed by atoms with van der Waals surface area (Å²) in [4.78, 5) is 0. The molecule has 3 aromatic rings. The fourth-order valence-electron chi connectivity index (χ4n) is 5.63. The van der Waals surface area contributed by atoms with Gasteiger partial charge in [-0.05, 0) is 42.7 Å². The van der Waals surface area contributed by atoms with E-state index >= 15 is 0 Å². The summed E-state index contributed by atoms with van der Waals surface area (Å²) >= 11 is 0. The molecule has 0 aromatic heterocycles. The Balaban J connectivity index is 1.48. The zero-order valence-electron chi connectivity index (χ0n) is 25.4. The maximum Gasteiger partial charge on any atom is 0.220 e. The van der Waals surface area contributed by atoms with Crippen molar-refractivity contribution in [1.82, 2.24) is 0 Å². The maximum absolute atomic E-state index is 11.9. The molecule has 1 saturated carbocycles. The summed E-state index contributed by atoms with van der Waals surface area (Å²) in [6, 6.07) is 27.2. The summed E-state index contributed by atoms with van der Waals surface area (Å²) in [5.41, 5.74) is 2.84. The average molecular weight is 595 g/mol. The first kappa shape index (κ1) is 31.6. The minimum absolute atomic E-state index is 0.220. The molecule has 1 saturated heterocycles. The number of benzene rings is 3. The van der Waals surface area contributed by atoms with Gasteiger partial charge in [-0.25, -0.2) is 0 Å². The van der Waals surface area contributed by atoms with Crippen molar-refractivity contribution in [2.75, 3.05) is 21.3 Å². The first-order valence-corrected chi connectivity index (χ1v) is 14.5. The van der Waals surface area contributed by atoms with E-state index in [9.17, 15) is 5.11 Å². The molecule has 232 valence electrons. The van der Waals surface area contributed by atoms with Crippen LogP contribution in [0.15, 0.2) is 84.9 Å². The molecule has 1 aliphatic carbocycles. The lowest BCUT2D eigenvalue weighted by molar-refractivity contribution is -0.473. The van der Waals surface area contributed by atoms with Gasteiger partial charge in [0.15, 0.2) is 0 Å². The van der Waals surface area contributed by atoms with Crippen LogP contribution in [0, 0.1) is 0 Å². The molecule has 0 radical (unpaired) electrons. The Morgan fingerprint density at radius 2 is 1.00 bits per heavy atom. The minimum Gasteiger partial charge on any atom is -0.497 e. The van der Waals surface area contributed by atoms with Crippen LogP contribution in [0.3, 0.4) is 0 Å². The van der Waals surface area contributed by atoms with Crippen molar-refractivity contribution < 1.29 is 43.0 Å². The summed E-state index contributed by atoms with van der Waals surface area (Å²) in [6.07, 6.45) is -5.04. The topological polar surface area (TPSA) is 94.1 Å². The van der Waals surface area contributed by atoms with Crippen LogP contribution in [0.2, 0.25) is 0 Å². The highest BCUT2D eigenvalue weighted by atomic mass is 16.8. The highest BCUT2D eigenvalue weighted by molar-refractivity contribution is 5.26. The molecule has 3 aromatic carbocycles. The maximum atomic E-state index is 11.9. The number of fused-ring (bicyclic) bond motifs is 1. The first-order chi connectivity index (χ1) is 20.8. The smallest absolute Gasteiger partial charge is 0.220 e. The molecule has 1 aliphatic heterocycles. The summed E-state index contributed by atoms with van der Waals surface area (Å²) < 4.78 is 49.7. The standard InChI is InChI=1S/C34H42O9/c1-33(37-4)34(2,38-5)43-32-30(41-21-24-14-10-7-11-15-24)28(39-22-25-16-18-26(36-3)19-17-25)27(35)29(31(32)42-33)40-20-23-12-8-6-9-13-23/h6-19,27-32,35H,20-22H2,1-5H3/t27-,28+,29-,30-,31+,32+,33-,34-/m1/s1. The fraction of sp³-hybridized carbons (Fsp3) is 0.471. The molecule has 0 unspecified atom stereocenters. The predicted octanol–water partition coefficient (Wildman–Crippen LogP) is 4.63. The number of rotatable bonds is 12. The molecule has 5 rings (SSSR count). The molecule has 2 aliphatic rings. The molecule has 1 heterocycles. The van der Waals surface area contributed by atoms with E-state index in [0.29, 0.717) is 0 Å². The summed E-state index contributed by atoms with van der Waals surface area (Å²) in [5.74, 6) is -1.86. The number of methoxy groups -OCH3 is 3. The van der Waals surface area contributed by atoms with Gasteiger partial charge in [-0.1, -0.05) is 72.8 Å². The van der Waals surface area contributed by atoms with Crippen molar-refractivity contribution in [3.05, 3.63) is 102 Å². The van der Waals surface area contributed by atoms with Gasteiger partial charge in [0.2, 0.25) is 11.6 Å². The van der Waals surface area contributed by atoms with Crippen LogP contribution in [0.1, 0.15) is 30.5 Å². The predicted molar refractivity (Wildman–Crippen MR) is 158 cm³/mol. The zero-order valence-corrected chi connectivity index (χ0v) is 25.4. The molecule has 0 bridgehead atoms. The van der Waals surface area contributed by atoms with E-state index in [1.54, 1.807) is 28.1 Å². The van der Waals surface area contributed by atoms with Gasteiger partial charge in [-0.15, -0.1) is 0 Å². The third-order valence-electron chi connectivity index (χ3n) is 8.47. The normalized spacial score (nSPS) is 32.2. The second-order valence-electron chi connectivity index (χ2n) is 11.1. The molecular weight excluding hydrogens is 552 g/mol. The molecule has 1 N–H and O–H groups in total. The quantitative estimate of drug-likeness (QED) is 0.322. The Kier molecular flexibility index (Phi) is 10.2. The van der Waals surface area contributed by atoms with Gasteiger partial charge in [-0.3, -0.25) is 0 Å². The van der Waals surface area contributed by atoms with E-state index in [1.807, 2.05) is 84.9 Å². The van der Waals surface area contributed by atoms with Crippen LogP contribution in [0.5, 0.6) is 5.75 Å². The van der Waals surface area contributed by atoms with Crippen molar-refractivity contribution in [3.63, 3.8) is 0 Å². The van der Waals surface area contributed by atoms with Crippen LogP contribution in [0.25, 0.3) is 0 Å². The van der Waals surface area contributed by atoms with E-state index in [1.165, 1.54) is 7.11 Å². The number of aliphatic hydroxyl groups excluding tert-OH is 1. The Morgan fingerprint density at radius 1 is 0.581 bits per heavy atom. The highest BCUT2D eigenvalue weighted by Crippen LogP contribution is 2.45. The molecule has 2 fully saturated rings.